The topological polar surface area (TPSA) is 84.9 Å². The molecule has 148 valence electrons. The van der Waals surface area contributed by atoms with E-state index in [4.69, 9.17) is 9.47 Å². The van der Waals surface area contributed by atoms with Crippen LogP contribution in [0.25, 0.3) is 0 Å². The molecule has 1 aliphatic carbocycles. The van der Waals surface area contributed by atoms with Crippen molar-refractivity contribution in [2.45, 2.75) is 89.8 Å². The lowest BCUT2D eigenvalue weighted by atomic mass is 9.90. The number of likely N-dealkylation sites (tertiary alicyclic amines) is 1. The van der Waals surface area contributed by atoms with Crippen molar-refractivity contribution in [3.63, 3.8) is 0 Å². The number of nitrogens with zero attached hydrogens (tertiary/aromatic N) is 1. The van der Waals surface area contributed by atoms with Crippen molar-refractivity contribution >= 4 is 18.0 Å². The first-order valence-corrected chi connectivity index (χ1v) is 9.63. The molecule has 2 aliphatic rings. The van der Waals surface area contributed by atoms with Crippen LogP contribution < -0.4 is 5.32 Å². The van der Waals surface area contributed by atoms with Crippen molar-refractivity contribution in [2.75, 3.05) is 13.2 Å². The minimum absolute atomic E-state index is 0.0564. The zero-order valence-corrected chi connectivity index (χ0v) is 16.4. The quantitative estimate of drug-likeness (QED) is 0.771. The van der Waals surface area contributed by atoms with Crippen LogP contribution in [0.15, 0.2) is 0 Å². The van der Waals surface area contributed by atoms with E-state index < -0.39 is 23.7 Å². The fourth-order valence-corrected chi connectivity index (χ4v) is 4.03. The number of rotatable bonds is 4. The summed E-state index contributed by atoms with van der Waals surface area (Å²) in [5.41, 5.74) is -0.913. The molecule has 1 atom stereocenters. The van der Waals surface area contributed by atoms with Gasteiger partial charge < -0.3 is 19.7 Å². The average molecular weight is 368 g/mol. The zero-order chi connectivity index (χ0) is 19.4. The maximum atomic E-state index is 13.2. The van der Waals surface area contributed by atoms with E-state index in [-0.39, 0.29) is 24.6 Å². The molecule has 1 aliphatic heterocycles. The van der Waals surface area contributed by atoms with Crippen molar-refractivity contribution < 1.29 is 23.9 Å². The number of carbonyl (C=O) groups excluding carboxylic acids is 3. The van der Waals surface area contributed by atoms with Gasteiger partial charge in [0.15, 0.2) is 0 Å². The lowest BCUT2D eigenvalue weighted by Gasteiger charge is -2.40. The van der Waals surface area contributed by atoms with Crippen LogP contribution in [-0.4, -0.2) is 53.2 Å². The Bertz CT molecular complexity index is 535. The number of carbonyl (C=O) groups is 3. The molecule has 2 rings (SSSR count). The van der Waals surface area contributed by atoms with Crippen LogP contribution >= 0.6 is 0 Å². The van der Waals surface area contributed by atoms with Gasteiger partial charge in [-0.3, -0.25) is 9.59 Å². The summed E-state index contributed by atoms with van der Waals surface area (Å²) in [5.74, 6) is -0.603. The van der Waals surface area contributed by atoms with Gasteiger partial charge in [-0.05, 0) is 59.8 Å². The van der Waals surface area contributed by atoms with E-state index in [9.17, 15) is 14.4 Å². The highest BCUT2D eigenvalue weighted by molar-refractivity contribution is 5.89. The van der Waals surface area contributed by atoms with E-state index in [2.05, 4.69) is 5.32 Å². The van der Waals surface area contributed by atoms with Crippen molar-refractivity contribution in [1.82, 2.24) is 10.2 Å². The Kier molecular flexibility index (Phi) is 6.53. The molecular weight excluding hydrogens is 336 g/mol. The standard InChI is InChI=1S/C19H32N2O5/c1-5-25-15(22)13-21-16(23)14(20-17(24)26-18(2,3)4)9-8-12-19(21)10-6-7-11-19/h14H,5-13H2,1-4H3,(H,20,24). The summed E-state index contributed by atoms with van der Waals surface area (Å²) in [6.07, 6.45) is 5.53. The Balaban J connectivity index is 2.16. The lowest BCUT2D eigenvalue weighted by molar-refractivity contribution is -0.153. The normalized spacial score (nSPS) is 22.8. The predicted molar refractivity (Wildman–Crippen MR) is 96.6 cm³/mol. The molecule has 1 heterocycles. The fourth-order valence-electron chi connectivity index (χ4n) is 4.03. The van der Waals surface area contributed by atoms with Gasteiger partial charge in [0, 0.05) is 5.54 Å². The van der Waals surface area contributed by atoms with Gasteiger partial charge in [0.25, 0.3) is 0 Å². The van der Waals surface area contributed by atoms with E-state index in [1.54, 1.807) is 32.6 Å². The molecule has 1 saturated carbocycles. The monoisotopic (exact) mass is 368 g/mol. The van der Waals surface area contributed by atoms with Crippen LogP contribution in [0, 0.1) is 0 Å². The molecule has 0 aromatic carbocycles. The third-order valence-electron chi connectivity index (χ3n) is 5.09. The second-order valence-electron chi connectivity index (χ2n) is 8.25. The number of ether oxygens (including phenoxy) is 2. The smallest absolute Gasteiger partial charge is 0.408 e. The molecule has 0 radical (unpaired) electrons. The Morgan fingerprint density at radius 1 is 1.19 bits per heavy atom. The van der Waals surface area contributed by atoms with Crippen LogP contribution in [0.4, 0.5) is 4.79 Å². The molecule has 2 fully saturated rings. The van der Waals surface area contributed by atoms with E-state index in [0.29, 0.717) is 6.42 Å². The summed E-state index contributed by atoms with van der Waals surface area (Å²) in [7, 11) is 0. The third kappa shape index (κ3) is 5.11. The average Bonchev–Trinajstić information content (AvgIpc) is 2.95. The lowest BCUT2D eigenvalue weighted by Crippen LogP contribution is -2.57. The van der Waals surface area contributed by atoms with Gasteiger partial charge in [-0.25, -0.2) is 4.79 Å². The molecule has 26 heavy (non-hydrogen) atoms. The number of hydrogen-bond donors (Lipinski definition) is 1. The van der Waals surface area contributed by atoms with Gasteiger partial charge in [0.1, 0.15) is 18.2 Å². The summed E-state index contributed by atoms with van der Waals surface area (Å²) in [5, 5.41) is 2.70. The molecule has 0 aromatic heterocycles. The SMILES string of the molecule is CCOC(=O)CN1C(=O)C(NC(=O)OC(C)(C)C)CCCC12CCCC2. The van der Waals surface area contributed by atoms with Gasteiger partial charge in [0.2, 0.25) is 5.91 Å². The molecule has 1 saturated heterocycles. The van der Waals surface area contributed by atoms with E-state index in [0.717, 1.165) is 38.5 Å². The van der Waals surface area contributed by atoms with E-state index >= 15 is 0 Å². The number of alkyl carbamates (subject to hydrolysis) is 1. The van der Waals surface area contributed by atoms with Crippen LogP contribution in [0.2, 0.25) is 0 Å². The maximum absolute atomic E-state index is 13.2. The minimum Gasteiger partial charge on any atom is -0.465 e. The Hall–Kier alpha value is -1.79. The molecule has 7 heteroatoms. The first-order chi connectivity index (χ1) is 12.2. The van der Waals surface area contributed by atoms with Crippen molar-refractivity contribution in [3.05, 3.63) is 0 Å². The van der Waals surface area contributed by atoms with Crippen molar-refractivity contribution in [2.24, 2.45) is 0 Å². The second-order valence-corrected chi connectivity index (χ2v) is 8.25. The highest BCUT2D eigenvalue weighted by Gasteiger charge is 2.46. The molecule has 0 aromatic rings. The second kappa shape index (κ2) is 8.27. The molecule has 1 N–H and O–H groups in total. The number of hydrogen-bond acceptors (Lipinski definition) is 5. The molecule has 0 bridgehead atoms. The molecule has 7 nitrogen and oxygen atoms in total. The largest absolute Gasteiger partial charge is 0.465 e. The molecule has 1 spiro atoms. The summed E-state index contributed by atoms with van der Waals surface area (Å²) in [6, 6.07) is -0.667. The van der Waals surface area contributed by atoms with Crippen LogP contribution in [0.1, 0.15) is 72.6 Å². The van der Waals surface area contributed by atoms with Crippen LogP contribution in [-0.2, 0) is 19.1 Å². The van der Waals surface area contributed by atoms with Crippen LogP contribution in [0.3, 0.4) is 0 Å². The van der Waals surface area contributed by atoms with E-state index in [1.807, 2.05) is 0 Å². The van der Waals surface area contributed by atoms with Gasteiger partial charge in [-0.15, -0.1) is 0 Å². The van der Waals surface area contributed by atoms with Crippen molar-refractivity contribution in [3.8, 4) is 0 Å². The van der Waals surface area contributed by atoms with Crippen LogP contribution in [0.5, 0.6) is 0 Å². The zero-order valence-electron chi connectivity index (χ0n) is 16.4. The summed E-state index contributed by atoms with van der Waals surface area (Å²) in [4.78, 5) is 39.1. The predicted octanol–water partition coefficient (Wildman–Crippen LogP) is 2.77. The number of nitrogens with one attached hydrogen (secondary N) is 1. The Morgan fingerprint density at radius 3 is 2.38 bits per heavy atom. The molecule has 2 amide bonds. The van der Waals surface area contributed by atoms with Gasteiger partial charge in [-0.2, -0.15) is 0 Å². The van der Waals surface area contributed by atoms with Gasteiger partial charge in [-0.1, -0.05) is 12.8 Å². The number of amides is 2. The third-order valence-corrected chi connectivity index (χ3v) is 5.09. The fraction of sp³-hybridized carbons (Fsp3) is 0.842. The maximum Gasteiger partial charge on any atom is 0.408 e. The molecular formula is C19H32N2O5. The first-order valence-electron chi connectivity index (χ1n) is 9.63. The summed E-state index contributed by atoms with van der Waals surface area (Å²) >= 11 is 0. The Morgan fingerprint density at radius 2 is 1.81 bits per heavy atom. The van der Waals surface area contributed by atoms with Gasteiger partial charge in [0.05, 0.1) is 6.61 Å². The summed E-state index contributed by atoms with van der Waals surface area (Å²) in [6.45, 7) is 7.32. The van der Waals surface area contributed by atoms with E-state index in [1.165, 1.54) is 0 Å². The number of esters is 1. The highest BCUT2D eigenvalue weighted by Crippen LogP contribution is 2.41. The van der Waals surface area contributed by atoms with Crippen molar-refractivity contribution in [1.29, 1.82) is 0 Å². The molecule has 1 unspecified atom stereocenters. The minimum atomic E-state index is -0.667. The summed E-state index contributed by atoms with van der Waals surface area (Å²) < 4.78 is 10.4. The highest BCUT2D eigenvalue weighted by atomic mass is 16.6. The van der Waals surface area contributed by atoms with Gasteiger partial charge >= 0.3 is 12.1 Å². The first kappa shape index (κ1) is 20.5. The Labute approximate surface area is 155 Å².